The highest BCUT2D eigenvalue weighted by molar-refractivity contribution is 7.85. The summed E-state index contributed by atoms with van der Waals surface area (Å²) in [5.41, 5.74) is 4.80. The summed E-state index contributed by atoms with van der Waals surface area (Å²) in [4.78, 5) is 66.5. The number of amides is 4. The molecule has 2 aliphatic heterocycles. The molecule has 4 aromatic heterocycles. The van der Waals surface area contributed by atoms with Crippen LogP contribution in [-0.4, -0.2) is 104 Å². The van der Waals surface area contributed by atoms with Crippen molar-refractivity contribution in [2.75, 3.05) is 42.0 Å². The second-order valence-electron chi connectivity index (χ2n) is 12.4. The summed E-state index contributed by atoms with van der Waals surface area (Å²) in [7, 11) is -0.999. The van der Waals surface area contributed by atoms with Gasteiger partial charge in [-0.05, 0) is 42.3 Å². The number of carbonyl (C=O) groups excluding carboxylic acids is 4. The summed E-state index contributed by atoms with van der Waals surface area (Å²) in [5, 5.41) is 24.8. The predicted octanol–water partition coefficient (Wildman–Crippen LogP) is 1.96. The minimum Gasteiger partial charge on any atom is -0.482 e. The second kappa shape index (κ2) is 16.4. The molecule has 288 valence electrons. The van der Waals surface area contributed by atoms with E-state index in [1.165, 1.54) is 35.8 Å². The van der Waals surface area contributed by atoms with Gasteiger partial charge in [-0.25, -0.2) is 24.3 Å². The number of nitrogens with one attached hydrogen (secondary N) is 6. The van der Waals surface area contributed by atoms with E-state index in [4.69, 9.17) is 16.3 Å². The zero-order valence-electron chi connectivity index (χ0n) is 29.3. The number of ether oxygens (including phenoxy) is 1. The average molecular weight is 804 g/mol. The lowest BCUT2D eigenvalue weighted by atomic mass is 10.1. The van der Waals surface area contributed by atoms with E-state index < -0.39 is 22.5 Å². The maximum Gasteiger partial charge on any atom is 0.272 e. The van der Waals surface area contributed by atoms with Gasteiger partial charge in [-0.2, -0.15) is 10.2 Å². The van der Waals surface area contributed by atoms with Gasteiger partial charge in [0.25, 0.3) is 17.7 Å². The molecule has 19 nitrogen and oxygen atoms in total. The first-order chi connectivity index (χ1) is 27.0. The van der Waals surface area contributed by atoms with Gasteiger partial charge in [0.15, 0.2) is 23.8 Å². The van der Waals surface area contributed by atoms with Crippen LogP contribution in [0.2, 0.25) is 5.02 Å². The molecule has 6 heterocycles. The van der Waals surface area contributed by atoms with E-state index >= 15 is 0 Å². The molecule has 4 amide bonds. The standard InChI is InChI=1S/C18H17ClFN7O3S.C16H14N6O3/c19-11-5-10(1-2-12(11)20)6-22-18(29)16-14-15(23-8-24-16)17(26-25-14)21-7-13(28)27-3-4-31(30)9-27;1-8-13-14(22-21-8)15(19-7-18-13)16(24)17-5-9-2-3-11-10(4-9)20-12(23)6-25-11/h1-2,5,8H,3-4,6-7,9H2,(H,22,29)(H2,21,25,26);2-4,7H,5-6H2,1H3,(H,17,24)(H,20,23)(H,21,22). The lowest BCUT2D eigenvalue weighted by Gasteiger charge is -2.18. The molecule has 0 saturated carbocycles. The summed E-state index contributed by atoms with van der Waals surface area (Å²) < 4.78 is 30.0. The van der Waals surface area contributed by atoms with Crippen molar-refractivity contribution in [2.45, 2.75) is 20.0 Å². The Morgan fingerprint density at radius 1 is 0.929 bits per heavy atom. The van der Waals surface area contributed by atoms with Crippen LogP contribution in [0.3, 0.4) is 0 Å². The number of halogens is 2. The molecule has 6 aromatic rings. The van der Waals surface area contributed by atoms with E-state index in [0.717, 1.165) is 11.3 Å². The zero-order valence-corrected chi connectivity index (χ0v) is 30.9. The third-order valence-electron chi connectivity index (χ3n) is 8.51. The quantitative estimate of drug-likeness (QED) is 0.122. The van der Waals surface area contributed by atoms with Crippen LogP contribution in [0, 0.1) is 12.7 Å². The van der Waals surface area contributed by atoms with Gasteiger partial charge in [-0.3, -0.25) is 33.6 Å². The number of aryl methyl sites for hydroxylation is 1. The first-order valence-corrected chi connectivity index (χ1v) is 18.7. The molecule has 2 aliphatic rings. The Bertz CT molecular complexity index is 2530. The Labute approximate surface area is 323 Å². The van der Waals surface area contributed by atoms with Gasteiger partial charge >= 0.3 is 0 Å². The summed E-state index contributed by atoms with van der Waals surface area (Å²) in [6, 6.07) is 9.52. The Morgan fingerprint density at radius 2 is 1.64 bits per heavy atom. The number of aromatic nitrogens is 8. The van der Waals surface area contributed by atoms with Crippen LogP contribution < -0.4 is 26.0 Å². The van der Waals surface area contributed by atoms with Gasteiger partial charge in [-0.1, -0.05) is 23.7 Å². The summed E-state index contributed by atoms with van der Waals surface area (Å²) in [6.07, 6.45) is 2.56. The molecule has 0 radical (unpaired) electrons. The van der Waals surface area contributed by atoms with Gasteiger partial charge in [0, 0.05) is 36.2 Å². The molecule has 1 unspecified atom stereocenters. The molecular weight excluding hydrogens is 773 g/mol. The van der Waals surface area contributed by atoms with Crippen molar-refractivity contribution in [3.8, 4) is 5.75 Å². The van der Waals surface area contributed by atoms with E-state index in [1.807, 2.05) is 13.0 Å². The predicted molar refractivity (Wildman–Crippen MR) is 201 cm³/mol. The molecule has 1 fully saturated rings. The number of hydrogen-bond donors (Lipinski definition) is 6. The maximum atomic E-state index is 13.3. The fourth-order valence-corrected chi connectivity index (χ4v) is 7.03. The molecule has 0 spiro atoms. The topological polar surface area (TPSA) is 255 Å². The first-order valence-electron chi connectivity index (χ1n) is 16.8. The average Bonchev–Trinajstić information content (AvgIpc) is 3.94. The third kappa shape index (κ3) is 8.37. The molecule has 1 saturated heterocycles. The number of aromatic amines is 2. The van der Waals surface area contributed by atoms with Crippen molar-refractivity contribution in [3.63, 3.8) is 0 Å². The summed E-state index contributed by atoms with van der Waals surface area (Å²) in [6.45, 7) is 2.64. The Hall–Kier alpha value is -6.61. The highest BCUT2D eigenvalue weighted by Crippen LogP contribution is 2.28. The smallest absolute Gasteiger partial charge is 0.272 e. The summed E-state index contributed by atoms with van der Waals surface area (Å²) >= 11 is 5.76. The van der Waals surface area contributed by atoms with Crippen LogP contribution in [0.4, 0.5) is 15.9 Å². The number of rotatable bonds is 9. The lowest BCUT2D eigenvalue weighted by molar-refractivity contribution is -0.127. The van der Waals surface area contributed by atoms with Gasteiger partial charge in [0.2, 0.25) is 5.91 Å². The van der Waals surface area contributed by atoms with Crippen LogP contribution in [0.15, 0.2) is 49.1 Å². The van der Waals surface area contributed by atoms with Crippen molar-refractivity contribution in [3.05, 3.63) is 88.1 Å². The fraction of sp³-hybridized carbons (Fsp3) is 0.235. The number of carbonyl (C=O) groups is 4. The molecule has 1 atom stereocenters. The minimum atomic E-state index is -0.999. The summed E-state index contributed by atoms with van der Waals surface area (Å²) in [5.74, 6) is -0.165. The number of H-pyrrole nitrogens is 2. The van der Waals surface area contributed by atoms with Crippen LogP contribution in [0.1, 0.15) is 37.8 Å². The molecular formula is C34H31ClFN13O6S. The second-order valence-corrected chi connectivity index (χ2v) is 14.3. The van der Waals surface area contributed by atoms with Gasteiger partial charge in [-0.15, -0.1) is 0 Å². The molecule has 8 rings (SSSR count). The number of fused-ring (bicyclic) bond motifs is 3. The Balaban J connectivity index is 0.000000175. The number of hydrogen-bond acceptors (Lipinski definition) is 13. The van der Waals surface area contributed by atoms with Crippen LogP contribution in [0.25, 0.3) is 22.1 Å². The third-order valence-corrected chi connectivity index (χ3v) is 10.0. The van der Waals surface area contributed by atoms with Crippen LogP contribution in [0.5, 0.6) is 5.75 Å². The largest absolute Gasteiger partial charge is 0.482 e. The van der Waals surface area contributed by atoms with E-state index in [0.29, 0.717) is 57.2 Å². The Kier molecular flexibility index (Phi) is 11.0. The SMILES string of the molecule is Cc1[nH]nc2c(C(=O)NCc3ccc4c(c3)NC(=O)CO4)ncnc12.O=C(NCc1ccc(F)c(Cl)c1)c1ncnc2c(NCC(=O)N3CCS(=O)C3)n[nH]c12. The van der Waals surface area contributed by atoms with Crippen molar-refractivity contribution >= 4 is 79.6 Å². The van der Waals surface area contributed by atoms with E-state index in [2.05, 4.69) is 61.6 Å². The van der Waals surface area contributed by atoms with Gasteiger partial charge in [0.1, 0.15) is 46.3 Å². The van der Waals surface area contributed by atoms with Crippen LogP contribution >= 0.6 is 11.6 Å². The van der Waals surface area contributed by atoms with Gasteiger partial charge in [0.05, 0.1) is 28.8 Å². The fourth-order valence-electron chi connectivity index (χ4n) is 5.65. The molecule has 0 aliphatic carbocycles. The normalized spacial score (nSPS) is 14.7. The lowest BCUT2D eigenvalue weighted by Crippen LogP contribution is -2.33. The van der Waals surface area contributed by atoms with Crippen molar-refractivity contribution in [1.29, 1.82) is 0 Å². The van der Waals surface area contributed by atoms with Crippen molar-refractivity contribution in [2.24, 2.45) is 0 Å². The molecule has 0 bridgehead atoms. The van der Waals surface area contributed by atoms with E-state index in [-0.39, 0.29) is 66.2 Å². The maximum absolute atomic E-state index is 13.3. The monoisotopic (exact) mass is 803 g/mol. The molecule has 2 aromatic carbocycles. The molecule has 6 N–H and O–H groups in total. The number of benzene rings is 2. The highest BCUT2D eigenvalue weighted by atomic mass is 35.5. The Morgan fingerprint density at radius 3 is 2.39 bits per heavy atom. The van der Waals surface area contributed by atoms with Crippen molar-refractivity contribution < 1.29 is 32.5 Å². The van der Waals surface area contributed by atoms with Gasteiger partial charge < -0.3 is 30.9 Å². The van der Waals surface area contributed by atoms with Crippen molar-refractivity contribution in [1.82, 2.24) is 55.9 Å². The molecule has 56 heavy (non-hydrogen) atoms. The first kappa shape index (κ1) is 37.7. The number of anilines is 2. The minimum absolute atomic E-state index is 0.00980. The zero-order chi connectivity index (χ0) is 39.3. The van der Waals surface area contributed by atoms with E-state index in [1.54, 1.807) is 12.1 Å². The highest BCUT2D eigenvalue weighted by Gasteiger charge is 2.24. The number of nitrogens with zero attached hydrogens (tertiary/aromatic N) is 7. The van der Waals surface area contributed by atoms with Crippen LogP contribution in [-0.2, 0) is 33.5 Å². The molecule has 22 heteroatoms. The van der Waals surface area contributed by atoms with E-state index in [9.17, 15) is 27.8 Å².